The van der Waals surface area contributed by atoms with Gasteiger partial charge in [0.1, 0.15) is 0 Å². The number of hydrogen-bond acceptors (Lipinski definition) is 6. The zero-order valence-electron chi connectivity index (χ0n) is 21.0. The molecule has 3 saturated heterocycles. The van der Waals surface area contributed by atoms with Crippen LogP contribution in [0.5, 0.6) is 0 Å². The van der Waals surface area contributed by atoms with Crippen LogP contribution in [0.1, 0.15) is 60.5 Å². The largest absolute Gasteiger partial charge is 0.381 e. The van der Waals surface area contributed by atoms with Crippen molar-refractivity contribution in [3.8, 4) is 0 Å². The molecule has 9 nitrogen and oxygen atoms in total. The number of rotatable bonds is 5. The van der Waals surface area contributed by atoms with E-state index in [1.54, 1.807) is 6.20 Å². The van der Waals surface area contributed by atoms with Gasteiger partial charge in [-0.1, -0.05) is 0 Å². The first-order valence-corrected chi connectivity index (χ1v) is 13.3. The number of benzene rings is 1. The first-order valence-electron chi connectivity index (χ1n) is 13.3. The highest BCUT2D eigenvalue weighted by Gasteiger charge is 2.40. The molecule has 36 heavy (non-hydrogen) atoms. The molecule has 9 heteroatoms. The van der Waals surface area contributed by atoms with Crippen molar-refractivity contribution in [3.63, 3.8) is 0 Å². The Hall–Kier alpha value is -2.75. The molecule has 0 bridgehead atoms. The fourth-order valence-corrected chi connectivity index (χ4v) is 6.33. The van der Waals surface area contributed by atoms with Crippen LogP contribution >= 0.6 is 0 Å². The molecule has 3 fully saturated rings. The van der Waals surface area contributed by atoms with Crippen LogP contribution < -0.4 is 10.9 Å². The number of pyridine rings is 1. The number of ether oxygens (including phenoxy) is 2. The quantitative estimate of drug-likeness (QED) is 0.567. The van der Waals surface area contributed by atoms with Crippen molar-refractivity contribution < 1.29 is 14.3 Å². The molecule has 1 aromatic carbocycles. The lowest BCUT2D eigenvalue weighted by Crippen LogP contribution is -2.57. The van der Waals surface area contributed by atoms with Crippen molar-refractivity contribution in [2.24, 2.45) is 0 Å². The van der Waals surface area contributed by atoms with Crippen LogP contribution in [0.2, 0.25) is 0 Å². The van der Waals surface area contributed by atoms with Crippen molar-refractivity contribution in [1.29, 1.82) is 0 Å². The summed E-state index contributed by atoms with van der Waals surface area (Å²) in [5.74, 6) is -0.0732. The van der Waals surface area contributed by atoms with E-state index in [1.807, 2.05) is 23.7 Å². The number of carbonyl (C=O) groups is 1. The summed E-state index contributed by atoms with van der Waals surface area (Å²) in [5.41, 5.74) is 2.82. The standard InChI is InChI=1S/C27H35N5O4/c1-18-14-23-21(24-22(26(34)30-23)16-29-32(24)19-4-10-35-11-5-19)15-20(18)25(33)28-17-27(6-12-36-13-7-27)31-8-2-3-9-31/h14-16,19H,2-13,17H2,1H3,(H,28,33)(H,30,34). The Morgan fingerprint density at radius 3 is 2.58 bits per heavy atom. The molecule has 3 aliphatic heterocycles. The smallest absolute Gasteiger partial charge is 0.259 e. The lowest BCUT2D eigenvalue weighted by Gasteiger charge is -2.44. The Labute approximate surface area is 210 Å². The van der Waals surface area contributed by atoms with Crippen molar-refractivity contribution in [2.45, 2.75) is 57.0 Å². The van der Waals surface area contributed by atoms with Gasteiger partial charge >= 0.3 is 0 Å². The molecule has 0 saturated carbocycles. The molecule has 3 aliphatic rings. The van der Waals surface area contributed by atoms with Crippen molar-refractivity contribution >= 4 is 27.7 Å². The third-order valence-electron chi connectivity index (χ3n) is 8.47. The Balaban J connectivity index is 1.35. The maximum absolute atomic E-state index is 13.6. The monoisotopic (exact) mass is 493 g/mol. The van der Waals surface area contributed by atoms with Gasteiger partial charge in [-0.2, -0.15) is 5.10 Å². The third kappa shape index (κ3) is 4.13. The maximum atomic E-state index is 13.6. The molecule has 6 rings (SSSR count). The first-order chi connectivity index (χ1) is 17.6. The molecule has 2 aromatic heterocycles. The van der Waals surface area contributed by atoms with Gasteiger partial charge in [0.25, 0.3) is 11.5 Å². The van der Waals surface area contributed by atoms with Gasteiger partial charge in [0.15, 0.2) is 0 Å². The van der Waals surface area contributed by atoms with E-state index in [2.05, 4.69) is 20.3 Å². The van der Waals surface area contributed by atoms with Gasteiger partial charge in [-0.05, 0) is 76.2 Å². The molecule has 0 aliphatic carbocycles. The van der Waals surface area contributed by atoms with Gasteiger partial charge in [-0.15, -0.1) is 0 Å². The van der Waals surface area contributed by atoms with Gasteiger partial charge < -0.3 is 19.8 Å². The van der Waals surface area contributed by atoms with Crippen LogP contribution in [-0.2, 0) is 9.47 Å². The maximum Gasteiger partial charge on any atom is 0.259 e. The van der Waals surface area contributed by atoms with E-state index in [9.17, 15) is 9.59 Å². The van der Waals surface area contributed by atoms with E-state index in [1.165, 1.54) is 12.8 Å². The second-order valence-corrected chi connectivity index (χ2v) is 10.6. The molecular formula is C27H35N5O4. The van der Waals surface area contributed by atoms with Gasteiger partial charge in [-0.25, -0.2) is 0 Å². The Morgan fingerprint density at radius 2 is 1.83 bits per heavy atom. The van der Waals surface area contributed by atoms with Crippen LogP contribution in [0.15, 0.2) is 23.1 Å². The summed E-state index contributed by atoms with van der Waals surface area (Å²) in [6, 6.07) is 4.02. The van der Waals surface area contributed by atoms with E-state index in [-0.39, 0.29) is 23.0 Å². The number of H-pyrrole nitrogens is 1. The second-order valence-electron chi connectivity index (χ2n) is 10.6. The van der Waals surface area contributed by atoms with Crippen LogP contribution in [-0.4, -0.2) is 77.2 Å². The molecule has 0 radical (unpaired) electrons. The molecule has 1 amide bonds. The number of hydrogen-bond donors (Lipinski definition) is 2. The zero-order chi connectivity index (χ0) is 24.7. The van der Waals surface area contributed by atoms with Gasteiger partial charge in [0.05, 0.1) is 28.7 Å². The first kappa shape index (κ1) is 23.6. The summed E-state index contributed by atoms with van der Waals surface area (Å²) in [7, 11) is 0. The van der Waals surface area contributed by atoms with Gasteiger partial charge in [0.2, 0.25) is 0 Å². The highest BCUT2D eigenvalue weighted by Crippen LogP contribution is 2.32. The highest BCUT2D eigenvalue weighted by molar-refractivity contribution is 6.07. The van der Waals surface area contributed by atoms with Gasteiger partial charge in [0, 0.05) is 49.5 Å². The fourth-order valence-electron chi connectivity index (χ4n) is 6.33. The Bertz CT molecular complexity index is 1330. The lowest BCUT2D eigenvalue weighted by molar-refractivity contribution is -0.0178. The summed E-state index contributed by atoms with van der Waals surface area (Å²) in [6.45, 7) is 7.57. The minimum Gasteiger partial charge on any atom is -0.381 e. The average molecular weight is 494 g/mol. The van der Waals surface area contributed by atoms with E-state index in [4.69, 9.17) is 9.47 Å². The second kappa shape index (κ2) is 9.61. The minimum atomic E-state index is -0.153. The number of nitrogens with one attached hydrogen (secondary N) is 2. The summed E-state index contributed by atoms with van der Waals surface area (Å²) < 4.78 is 13.2. The number of likely N-dealkylation sites (tertiary alicyclic amines) is 1. The van der Waals surface area contributed by atoms with E-state index >= 15 is 0 Å². The summed E-state index contributed by atoms with van der Waals surface area (Å²) >= 11 is 0. The van der Waals surface area contributed by atoms with Crippen LogP contribution in [0.25, 0.3) is 21.8 Å². The van der Waals surface area contributed by atoms with Crippen LogP contribution in [0.3, 0.4) is 0 Å². The van der Waals surface area contributed by atoms with E-state index in [0.717, 1.165) is 74.0 Å². The molecular weight excluding hydrogens is 458 g/mol. The number of fused-ring (bicyclic) bond motifs is 3. The number of aromatic nitrogens is 3. The molecule has 0 spiro atoms. The number of amides is 1. The normalized spacial score (nSPS) is 21.4. The van der Waals surface area contributed by atoms with E-state index in [0.29, 0.717) is 30.7 Å². The molecule has 0 unspecified atom stereocenters. The Morgan fingerprint density at radius 1 is 1.11 bits per heavy atom. The SMILES string of the molecule is Cc1cc2[nH]c(=O)c3cnn(C4CCOCC4)c3c2cc1C(=O)NCC1(N2CCCC2)CCOCC1. The zero-order valence-corrected chi connectivity index (χ0v) is 21.0. The van der Waals surface area contributed by atoms with Crippen LogP contribution in [0, 0.1) is 6.92 Å². The van der Waals surface area contributed by atoms with Crippen LogP contribution in [0.4, 0.5) is 0 Å². The predicted molar refractivity (Wildman–Crippen MR) is 138 cm³/mol. The minimum absolute atomic E-state index is 0.0324. The topological polar surface area (TPSA) is 101 Å². The predicted octanol–water partition coefficient (Wildman–Crippen LogP) is 2.91. The molecule has 192 valence electrons. The molecule has 3 aromatic rings. The van der Waals surface area contributed by atoms with Crippen molar-refractivity contribution in [3.05, 3.63) is 39.8 Å². The molecule has 5 heterocycles. The number of aromatic amines is 1. The number of carbonyl (C=O) groups excluding carboxylic acids is 1. The number of nitrogens with zero attached hydrogens (tertiary/aromatic N) is 3. The highest BCUT2D eigenvalue weighted by atomic mass is 16.5. The van der Waals surface area contributed by atoms with Crippen molar-refractivity contribution in [1.82, 2.24) is 25.0 Å². The van der Waals surface area contributed by atoms with E-state index < -0.39 is 0 Å². The van der Waals surface area contributed by atoms with Gasteiger partial charge in [-0.3, -0.25) is 19.2 Å². The summed E-state index contributed by atoms with van der Waals surface area (Å²) in [6.07, 6.45) is 7.67. The molecule has 2 N–H and O–H groups in total. The Kier molecular flexibility index (Phi) is 6.31. The fraction of sp³-hybridized carbons (Fsp3) is 0.593. The summed E-state index contributed by atoms with van der Waals surface area (Å²) in [4.78, 5) is 32.0. The molecule has 0 atom stereocenters. The summed E-state index contributed by atoms with van der Waals surface area (Å²) in [5, 5.41) is 9.28. The van der Waals surface area contributed by atoms with Crippen molar-refractivity contribution in [2.75, 3.05) is 46.1 Å². The number of aryl methyl sites for hydroxylation is 1. The average Bonchev–Trinajstić information content (AvgIpc) is 3.60. The lowest BCUT2D eigenvalue weighted by atomic mass is 9.88. The third-order valence-corrected chi connectivity index (χ3v) is 8.47.